The van der Waals surface area contributed by atoms with Crippen LogP contribution >= 0.6 is 15.9 Å². The Morgan fingerprint density at radius 1 is 1.30 bits per heavy atom. The van der Waals surface area contributed by atoms with E-state index in [-0.39, 0.29) is 6.03 Å². The molecule has 0 aromatic heterocycles. The van der Waals surface area contributed by atoms with Crippen LogP contribution in [0.25, 0.3) is 0 Å². The van der Waals surface area contributed by atoms with Crippen molar-refractivity contribution in [3.8, 4) is 11.5 Å². The van der Waals surface area contributed by atoms with E-state index in [9.17, 15) is 9.59 Å². The van der Waals surface area contributed by atoms with Gasteiger partial charge in [0.05, 0.1) is 36.4 Å². The number of nitrogens with one attached hydrogen (secondary N) is 2. The third kappa shape index (κ3) is 4.94. The van der Waals surface area contributed by atoms with Crippen molar-refractivity contribution in [2.75, 3.05) is 20.3 Å². The number of rotatable bonds is 7. The molecular formula is C19H25BrN2O5. The predicted octanol–water partition coefficient (Wildman–Crippen LogP) is 3.68. The Morgan fingerprint density at radius 3 is 2.59 bits per heavy atom. The molecule has 0 unspecified atom stereocenters. The van der Waals surface area contributed by atoms with Crippen molar-refractivity contribution in [3.05, 3.63) is 33.4 Å². The molecule has 1 heterocycles. The lowest BCUT2D eigenvalue weighted by molar-refractivity contribution is -0.136. The molecule has 0 aliphatic carbocycles. The number of carbonyl (C=O) groups is 2. The zero-order valence-electron chi connectivity index (χ0n) is 16.1. The van der Waals surface area contributed by atoms with Crippen LogP contribution in [0.4, 0.5) is 4.79 Å². The maximum absolute atomic E-state index is 12.3. The van der Waals surface area contributed by atoms with Crippen LogP contribution in [0.3, 0.4) is 0 Å². The van der Waals surface area contributed by atoms with Crippen molar-refractivity contribution in [3.63, 3.8) is 0 Å². The zero-order chi connectivity index (χ0) is 20.1. The van der Waals surface area contributed by atoms with Gasteiger partial charge in [0, 0.05) is 5.70 Å². The van der Waals surface area contributed by atoms with Crippen LogP contribution < -0.4 is 20.1 Å². The Balaban J connectivity index is 2.51. The number of methoxy groups -OCH3 is 1. The topological polar surface area (TPSA) is 85.9 Å². The number of amides is 2. The lowest BCUT2D eigenvalue weighted by Gasteiger charge is -2.28. The van der Waals surface area contributed by atoms with Crippen molar-refractivity contribution in [2.24, 2.45) is 5.92 Å². The van der Waals surface area contributed by atoms with Gasteiger partial charge in [0.25, 0.3) is 0 Å². The molecule has 0 fully saturated rings. The van der Waals surface area contributed by atoms with Gasteiger partial charge in [-0.15, -0.1) is 0 Å². The predicted molar refractivity (Wildman–Crippen MR) is 105 cm³/mol. The van der Waals surface area contributed by atoms with Crippen LogP contribution in [-0.4, -0.2) is 32.3 Å². The largest absolute Gasteiger partial charge is 0.490 e. The van der Waals surface area contributed by atoms with Crippen molar-refractivity contribution in [1.29, 1.82) is 0 Å². The second-order valence-electron chi connectivity index (χ2n) is 6.53. The molecule has 1 atom stereocenters. The molecule has 1 aliphatic rings. The molecule has 0 bridgehead atoms. The molecule has 0 saturated carbocycles. The van der Waals surface area contributed by atoms with Gasteiger partial charge in [-0.25, -0.2) is 9.59 Å². The maximum atomic E-state index is 12.3. The second kappa shape index (κ2) is 9.12. The Morgan fingerprint density at radius 2 is 2.00 bits per heavy atom. The van der Waals surface area contributed by atoms with E-state index in [0.717, 1.165) is 0 Å². The highest BCUT2D eigenvalue weighted by molar-refractivity contribution is 9.10. The summed E-state index contributed by atoms with van der Waals surface area (Å²) in [6.07, 6.45) is 0. The van der Waals surface area contributed by atoms with Crippen molar-refractivity contribution < 1.29 is 23.8 Å². The lowest BCUT2D eigenvalue weighted by Crippen LogP contribution is -2.45. The van der Waals surface area contributed by atoms with Gasteiger partial charge in [0.15, 0.2) is 11.5 Å². The summed E-state index contributed by atoms with van der Waals surface area (Å²) in [5, 5.41) is 5.37. The van der Waals surface area contributed by atoms with Crippen LogP contribution in [0, 0.1) is 5.92 Å². The summed E-state index contributed by atoms with van der Waals surface area (Å²) >= 11 is 3.52. The molecule has 8 heteroatoms. The summed E-state index contributed by atoms with van der Waals surface area (Å²) in [6.45, 7) is 8.65. The molecule has 2 N–H and O–H groups in total. The summed E-state index contributed by atoms with van der Waals surface area (Å²) in [5.41, 5.74) is 1.46. The van der Waals surface area contributed by atoms with E-state index in [4.69, 9.17) is 14.2 Å². The lowest BCUT2D eigenvalue weighted by atomic mass is 9.95. The molecule has 2 rings (SSSR count). The monoisotopic (exact) mass is 440 g/mol. The van der Waals surface area contributed by atoms with Gasteiger partial charge in [-0.2, -0.15) is 0 Å². The van der Waals surface area contributed by atoms with Gasteiger partial charge in [-0.05, 0) is 53.4 Å². The molecule has 0 radical (unpaired) electrons. The van der Waals surface area contributed by atoms with Gasteiger partial charge >= 0.3 is 12.0 Å². The molecule has 2 amide bonds. The van der Waals surface area contributed by atoms with Gasteiger partial charge in [-0.3, -0.25) is 0 Å². The smallest absolute Gasteiger partial charge is 0.337 e. The minimum absolute atomic E-state index is 0.335. The SMILES string of the molecule is CCOc1cc([C@@H]2NC(=O)NC(C)=C2C(=O)OC)cc(Br)c1OCC(C)C. The fraction of sp³-hybridized carbons (Fsp3) is 0.474. The number of hydrogen-bond donors (Lipinski definition) is 2. The van der Waals surface area contributed by atoms with Crippen molar-refractivity contribution in [2.45, 2.75) is 33.7 Å². The minimum atomic E-state index is -0.666. The van der Waals surface area contributed by atoms with E-state index in [2.05, 4.69) is 40.4 Å². The number of urea groups is 1. The van der Waals surface area contributed by atoms with E-state index in [1.165, 1.54) is 7.11 Å². The average Bonchev–Trinajstić information content (AvgIpc) is 2.59. The summed E-state index contributed by atoms with van der Waals surface area (Å²) in [5.74, 6) is 0.970. The number of esters is 1. The molecule has 27 heavy (non-hydrogen) atoms. The average molecular weight is 441 g/mol. The minimum Gasteiger partial charge on any atom is -0.490 e. The first kappa shape index (κ1) is 21.1. The third-order valence-electron chi connectivity index (χ3n) is 3.90. The maximum Gasteiger partial charge on any atom is 0.337 e. The van der Waals surface area contributed by atoms with Gasteiger partial charge < -0.3 is 24.8 Å². The summed E-state index contributed by atoms with van der Waals surface area (Å²) in [6, 6.07) is 2.53. The van der Waals surface area contributed by atoms with E-state index in [0.29, 0.717) is 51.9 Å². The first-order valence-electron chi connectivity index (χ1n) is 8.74. The van der Waals surface area contributed by atoms with Gasteiger partial charge in [-0.1, -0.05) is 13.8 Å². The quantitative estimate of drug-likeness (QED) is 0.631. The number of ether oxygens (including phenoxy) is 3. The van der Waals surface area contributed by atoms with E-state index in [1.807, 2.05) is 13.0 Å². The van der Waals surface area contributed by atoms with Crippen LogP contribution in [-0.2, 0) is 9.53 Å². The van der Waals surface area contributed by atoms with E-state index < -0.39 is 12.0 Å². The highest BCUT2D eigenvalue weighted by Gasteiger charge is 2.33. The third-order valence-corrected chi connectivity index (χ3v) is 4.49. The number of benzene rings is 1. The molecule has 1 aromatic rings. The van der Waals surface area contributed by atoms with E-state index in [1.54, 1.807) is 13.0 Å². The number of hydrogen-bond acceptors (Lipinski definition) is 5. The molecule has 7 nitrogen and oxygen atoms in total. The second-order valence-corrected chi connectivity index (χ2v) is 7.38. The van der Waals surface area contributed by atoms with Gasteiger partial charge in [0.2, 0.25) is 0 Å². The van der Waals surface area contributed by atoms with Crippen LogP contribution in [0.5, 0.6) is 11.5 Å². The Bertz CT molecular complexity index is 761. The summed E-state index contributed by atoms with van der Waals surface area (Å²) < 4.78 is 17.2. The highest BCUT2D eigenvalue weighted by atomic mass is 79.9. The summed E-state index contributed by atoms with van der Waals surface area (Å²) in [7, 11) is 1.31. The molecular weight excluding hydrogens is 416 g/mol. The Kier molecular flexibility index (Phi) is 7.12. The normalized spacial score (nSPS) is 16.7. The fourth-order valence-corrected chi connectivity index (χ4v) is 3.31. The number of halogens is 1. The van der Waals surface area contributed by atoms with E-state index >= 15 is 0 Å². The Hall–Kier alpha value is -2.22. The zero-order valence-corrected chi connectivity index (χ0v) is 17.7. The number of allylic oxidation sites excluding steroid dienone is 1. The van der Waals surface area contributed by atoms with Crippen LogP contribution in [0.1, 0.15) is 39.3 Å². The molecule has 1 aliphatic heterocycles. The molecule has 148 valence electrons. The highest BCUT2D eigenvalue weighted by Crippen LogP contribution is 2.40. The fourth-order valence-electron chi connectivity index (χ4n) is 2.73. The first-order valence-corrected chi connectivity index (χ1v) is 9.53. The van der Waals surface area contributed by atoms with Crippen LogP contribution in [0.15, 0.2) is 27.9 Å². The van der Waals surface area contributed by atoms with Crippen molar-refractivity contribution in [1.82, 2.24) is 10.6 Å². The number of carbonyl (C=O) groups excluding carboxylic acids is 2. The summed E-state index contributed by atoms with van der Waals surface area (Å²) in [4.78, 5) is 24.2. The first-order chi connectivity index (χ1) is 12.8. The molecule has 0 saturated heterocycles. The van der Waals surface area contributed by atoms with Crippen LogP contribution in [0.2, 0.25) is 0 Å². The van der Waals surface area contributed by atoms with Gasteiger partial charge in [0.1, 0.15) is 0 Å². The van der Waals surface area contributed by atoms with Crippen molar-refractivity contribution >= 4 is 27.9 Å². The molecule has 0 spiro atoms. The molecule has 1 aromatic carbocycles. The Labute approximate surface area is 167 Å². The standard InChI is InChI=1S/C19H25BrN2O5/c1-6-26-14-8-12(7-13(20)17(14)27-9-10(2)3)16-15(18(23)25-5)11(4)21-19(24)22-16/h7-8,10,16H,6,9H2,1-5H3,(H2,21,22,24)/t16-/m0/s1.